The summed E-state index contributed by atoms with van der Waals surface area (Å²) in [7, 11) is 1.80. The van der Waals surface area contributed by atoms with E-state index in [4.69, 9.17) is 23.2 Å². The molecule has 1 heterocycles. The third-order valence-corrected chi connectivity index (χ3v) is 2.75. The van der Waals surface area contributed by atoms with Crippen molar-refractivity contribution in [2.45, 2.75) is 18.8 Å². The molecule has 1 N–H and O–H groups in total. The zero-order valence-corrected chi connectivity index (χ0v) is 8.78. The number of rotatable bonds is 2. The molecule has 0 unspecified atom stereocenters. The number of aromatic nitrogens is 1. The Balaban J connectivity index is 2.44. The minimum atomic E-state index is 0.553. The standard InChI is InChI=1S/C9H10Cl2N2/c1-12-9-7(11)4-6(10)8(13-9)5-2-3-5/h4-5H,2-3H2,1H3,(H,12,13). The second kappa shape index (κ2) is 3.35. The highest BCUT2D eigenvalue weighted by atomic mass is 35.5. The molecule has 1 fully saturated rings. The first-order valence-corrected chi connectivity index (χ1v) is 5.01. The van der Waals surface area contributed by atoms with Gasteiger partial charge in [-0.3, -0.25) is 0 Å². The molecule has 0 amide bonds. The van der Waals surface area contributed by atoms with Crippen LogP contribution in [0.2, 0.25) is 10.0 Å². The van der Waals surface area contributed by atoms with Crippen molar-refractivity contribution in [3.63, 3.8) is 0 Å². The lowest BCUT2D eigenvalue weighted by molar-refractivity contribution is 1.02. The van der Waals surface area contributed by atoms with Crippen molar-refractivity contribution in [3.8, 4) is 0 Å². The van der Waals surface area contributed by atoms with Crippen molar-refractivity contribution in [3.05, 3.63) is 21.8 Å². The van der Waals surface area contributed by atoms with Gasteiger partial charge in [-0.2, -0.15) is 0 Å². The van der Waals surface area contributed by atoms with Gasteiger partial charge in [0.05, 0.1) is 15.7 Å². The van der Waals surface area contributed by atoms with Gasteiger partial charge in [0.1, 0.15) is 5.82 Å². The topological polar surface area (TPSA) is 24.9 Å². The molecule has 0 saturated heterocycles. The molecule has 70 valence electrons. The van der Waals surface area contributed by atoms with Gasteiger partial charge in [0.2, 0.25) is 0 Å². The average molecular weight is 217 g/mol. The first kappa shape index (κ1) is 9.10. The molecule has 1 aromatic heterocycles. The molecule has 0 spiro atoms. The summed E-state index contributed by atoms with van der Waals surface area (Å²) < 4.78 is 0. The fourth-order valence-electron chi connectivity index (χ4n) is 1.30. The molecule has 2 nitrogen and oxygen atoms in total. The smallest absolute Gasteiger partial charge is 0.144 e. The lowest BCUT2D eigenvalue weighted by Crippen LogP contribution is -1.97. The van der Waals surface area contributed by atoms with Crippen molar-refractivity contribution < 1.29 is 0 Å². The molecule has 1 saturated carbocycles. The summed E-state index contributed by atoms with van der Waals surface area (Å²) in [4.78, 5) is 4.38. The van der Waals surface area contributed by atoms with Gasteiger partial charge >= 0.3 is 0 Å². The fraction of sp³-hybridized carbons (Fsp3) is 0.444. The van der Waals surface area contributed by atoms with E-state index < -0.39 is 0 Å². The first-order chi connectivity index (χ1) is 6.22. The van der Waals surface area contributed by atoms with E-state index >= 15 is 0 Å². The third kappa shape index (κ3) is 1.74. The van der Waals surface area contributed by atoms with Crippen molar-refractivity contribution in [1.29, 1.82) is 0 Å². The maximum Gasteiger partial charge on any atom is 0.144 e. The average Bonchev–Trinajstić information content (AvgIpc) is 2.88. The molecule has 1 aromatic rings. The molecule has 0 radical (unpaired) electrons. The summed E-state index contributed by atoms with van der Waals surface area (Å²) in [5, 5.41) is 4.21. The summed E-state index contributed by atoms with van der Waals surface area (Å²) in [5.41, 5.74) is 0.982. The number of hydrogen-bond acceptors (Lipinski definition) is 2. The Morgan fingerprint density at radius 1 is 1.38 bits per heavy atom. The molecule has 0 aliphatic heterocycles. The van der Waals surface area contributed by atoms with E-state index in [0.717, 1.165) is 5.69 Å². The number of nitrogens with one attached hydrogen (secondary N) is 1. The van der Waals surface area contributed by atoms with Gasteiger partial charge in [-0.05, 0) is 18.9 Å². The molecular formula is C9H10Cl2N2. The molecule has 0 aromatic carbocycles. The molecule has 4 heteroatoms. The molecule has 13 heavy (non-hydrogen) atoms. The summed E-state index contributed by atoms with van der Waals surface area (Å²) in [6.45, 7) is 0. The Morgan fingerprint density at radius 2 is 2.08 bits per heavy atom. The van der Waals surface area contributed by atoms with Gasteiger partial charge in [-0.25, -0.2) is 4.98 Å². The summed E-state index contributed by atoms with van der Waals surface area (Å²) in [5.74, 6) is 1.27. The SMILES string of the molecule is CNc1nc(C2CC2)c(Cl)cc1Cl. The minimum Gasteiger partial charge on any atom is -0.372 e. The van der Waals surface area contributed by atoms with E-state index in [-0.39, 0.29) is 0 Å². The quantitative estimate of drug-likeness (QED) is 0.821. The van der Waals surface area contributed by atoms with Gasteiger partial charge in [0.15, 0.2) is 0 Å². The molecule has 1 aliphatic rings. The maximum absolute atomic E-state index is 6.02. The van der Waals surface area contributed by atoms with Crippen LogP contribution in [0.15, 0.2) is 6.07 Å². The fourth-order valence-corrected chi connectivity index (χ4v) is 1.91. The number of pyridine rings is 1. The largest absolute Gasteiger partial charge is 0.372 e. The van der Waals surface area contributed by atoms with E-state index in [0.29, 0.717) is 21.8 Å². The highest BCUT2D eigenvalue weighted by Gasteiger charge is 2.28. The number of halogens is 2. The summed E-state index contributed by atoms with van der Waals surface area (Å²) >= 11 is 11.9. The Bertz CT molecular complexity index is 335. The highest BCUT2D eigenvalue weighted by molar-refractivity contribution is 6.36. The summed E-state index contributed by atoms with van der Waals surface area (Å²) in [6, 6.07) is 1.76. The van der Waals surface area contributed by atoms with Crippen LogP contribution in [-0.2, 0) is 0 Å². The number of hydrogen-bond donors (Lipinski definition) is 1. The van der Waals surface area contributed by atoms with E-state index in [2.05, 4.69) is 10.3 Å². The van der Waals surface area contributed by atoms with Crippen LogP contribution in [0.5, 0.6) is 0 Å². The van der Waals surface area contributed by atoms with Gasteiger partial charge in [-0.1, -0.05) is 23.2 Å². The van der Waals surface area contributed by atoms with E-state index in [9.17, 15) is 0 Å². The molecule has 0 atom stereocenters. The minimum absolute atomic E-state index is 0.553. The lowest BCUT2D eigenvalue weighted by atomic mass is 10.2. The van der Waals surface area contributed by atoms with Crippen LogP contribution < -0.4 is 5.32 Å². The first-order valence-electron chi connectivity index (χ1n) is 4.26. The van der Waals surface area contributed by atoms with Gasteiger partial charge in [0, 0.05) is 13.0 Å². The predicted octanol–water partition coefficient (Wildman–Crippen LogP) is 3.31. The third-order valence-electron chi connectivity index (χ3n) is 2.16. The van der Waals surface area contributed by atoms with Crippen molar-refractivity contribution in [2.75, 3.05) is 12.4 Å². The molecule has 2 rings (SSSR count). The van der Waals surface area contributed by atoms with E-state index in [1.165, 1.54) is 12.8 Å². The van der Waals surface area contributed by atoms with Crippen molar-refractivity contribution in [1.82, 2.24) is 4.98 Å². The lowest BCUT2D eigenvalue weighted by Gasteiger charge is -2.07. The van der Waals surface area contributed by atoms with Crippen LogP contribution in [-0.4, -0.2) is 12.0 Å². The van der Waals surface area contributed by atoms with Crippen LogP contribution in [0.3, 0.4) is 0 Å². The number of anilines is 1. The maximum atomic E-state index is 6.02. The Morgan fingerprint density at radius 3 is 2.62 bits per heavy atom. The van der Waals surface area contributed by atoms with E-state index in [1.807, 2.05) is 0 Å². The van der Waals surface area contributed by atoms with Gasteiger partial charge in [-0.15, -0.1) is 0 Å². The predicted molar refractivity (Wildman–Crippen MR) is 55.8 cm³/mol. The van der Waals surface area contributed by atoms with Crippen molar-refractivity contribution >= 4 is 29.0 Å². The van der Waals surface area contributed by atoms with Crippen LogP contribution in [0, 0.1) is 0 Å². The van der Waals surface area contributed by atoms with Crippen LogP contribution in [0.25, 0.3) is 0 Å². The van der Waals surface area contributed by atoms with Gasteiger partial charge in [0.25, 0.3) is 0 Å². The monoisotopic (exact) mass is 216 g/mol. The van der Waals surface area contributed by atoms with Gasteiger partial charge < -0.3 is 5.32 Å². The normalized spacial score (nSPS) is 15.9. The zero-order valence-electron chi connectivity index (χ0n) is 7.27. The second-order valence-electron chi connectivity index (χ2n) is 3.21. The zero-order chi connectivity index (χ0) is 9.42. The Kier molecular flexibility index (Phi) is 2.35. The summed E-state index contributed by atoms with van der Waals surface area (Å²) in [6.07, 6.45) is 2.38. The molecule has 1 aliphatic carbocycles. The number of nitrogens with zero attached hydrogens (tertiary/aromatic N) is 1. The van der Waals surface area contributed by atoms with Crippen LogP contribution in [0.4, 0.5) is 5.82 Å². The second-order valence-corrected chi connectivity index (χ2v) is 4.02. The molecule has 0 bridgehead atoms. The van der Waals surface area contributed by atoms with Crippen molar-refractivity contribution in [2.24, 2.45) is 0 Å². The van der Waals surface area contributed by atoms with E-state index in [1.54, 1.807) is 13.1 Å². The highest BCUT2D eigenvalue weighted by Crippen LogP contribution is 2.43. The molecular weight excluding hydrogens is 207 g/mol. The Labute approximate surface area is 87.3 Å². The Hall–Kier alpha value is -0.470. The van der Waals surface area contributed by atoms with Crippen LogP contribution in [0.1, 0.15) is 24.5 Å². The van der Waals surface area contributed by atoms with Crippen LogP contribution >= 0.6 is 23.2 Å².